The van der Waals surface area contributed by atoms with Gasteiger partial charge >= 0.3 is 0 Å². The van der Waals surface area contributed by atoms with Gasteiger partial charge < -0.3 is 5.73 Å². The fraction of sp³-hybridized carbons (Fsp3) is 1.00. The van der Waals surface area contributed by atoms with Gasteiger partial charge in [0.2, 0.25) is 0 Å². The monoisotopic (exact) mass is 284 g/mol. The molecule has 0 radical (unpaired) electrons. The van der Waals surface area contributed by atoms with Crippen molar-refractivity contribution in [3.63, 3.8) is 0 Å². The van der Waals surface area contributed by atoms with E-state index >= 15 is 0 Å². The van der Waals surface area contributed by atoms with E-state index in [1.165, 1.54) is 50.3 Å². The molecule has 0 bridgehead atoms. The minimum Gasteiger partial charge on any atom is -0.329 e. The molecule has 2 nitrogen and oxygen atoms in total. The van der Waals surface area contributed by atoms with Gasteiger partial charge in [-0.25, -0.2) is 0 Å². The van der Waals surface area contributed by atoms with Crippen LogP contribution in [0.1, 0.15) is 46.5 Å². The standard InChI is InChI=1S/C16H32N2S/c1-16(2,3)14-6-4-13(5-7-14)15(12-17)18-8-10-19-11-9-18/h13-15H,4-12,17H2,1-3H3. The van der Waals surface area contributed by atoms with E-state index in [1.807, 2.05) is 0 Å². The molecule has 1 saturated carbocycles. The SMILES string of the molecule is CC(C)(C)C1CCC(C(CN)N2CCSCC2)CC1. The van der Waals surface area contributed by atoms with Crippen LogP contribution in [0.3, 0.4) is 0 Å². The molecule has 19 heavy (non-hydrogen) atoms. The summed E-state index contributed by atoms with van der Waals surface area (Å²) < 4.78 is 0. The average Bonchev–Trinajstić information content (AvgIpc) is 2.40. The highest BCUT2D eigenvalue weighted by Crippen LogP contribution is 2.41. The molecule has 0 spiro atoms. The minimum absolute atomic E-state index is 0.491. The Hall–Kier alpha value is 0.270. The van der Waals surface area contributed by atoms with Gasteiger partial charge in [0.15, 0.2) is 0 Å². The zero-order valence-electron chi connectivity index (χ0n) is 13.0. The van der Waals surface area contributed by atoms with E-state index in [0.717, 1.165) is 18.4 Å². The average molecular weight is 285 g/mol. The van der Waals surface area contributed by atoms with Gasteiger partial charge in [-0.3, -0.25) is 4.90 Å². The van der Waals surface area contributed by atoms with Crippen molar-refractivity contribution in [3.05, 3.63) is 0 Å². The van der Waals surface area contributed by atoms with Crippen LogP contribution in [-0.4, -0.2) is 42.1 Å². The number of nitrogens with zero attached hydrogens (tertiary/aromatic N) is 1. The summed E-state index contributed by atoms with van der Waals surface area (Å²) in [7, 11) is 0. The molecular formula is C16H32N2S. The topological polar surface area (TPSA) is 29.3 Å². The van der Waals surface area contributed by atoms with Crippen molar-refractivity contribution >= 4 is 11.8 Å². The third-order valence-electron chi connectivity index (χ3n) is 5.30. The summed E-state index contributed by atoms with van der Waals surface area (Å²) in [5.41, 5.74) is 6.60. The number of hydrogen-bond acceptors (Lipinski definition) is 3. The second kappa shape index (κ2) is 6.82. The fourth-order valence-corrected chi connectivity index (χ4v) is 4.85. The van der Waals surface area contributed by atoms with Gasteiger partial charge in [-0.1, -0.05) is 20.8 Å². The van der Waals surface area contributed by atoms with Crippen molar-refractivity contribution < 1.29 is 0 Å². The molecule has 1 heterocycles. The smallest absolute Gasteiger partial charge is 0.0247 e. The van der Waals surface area contributed by atoms with Gasteiger partial charge in [-0.05, 0) is 42.9 Å². The highest BCUT2D eigenvalue weighted by atomic mass is 32.2. The van der Waals surface area contributed by atoms with Crippen LogP contribution in [0.25, 0.3) is 0 Å². The predicted octanol–water partition coefficient (Wildman–Crippen LogP) is 3.22. The van der Waals surface area contributed by atoms with Crippen LogP contribution in [0.4, 0.5) is 0 Å². The maximum absolute atomic E-state index is 6.11. The summed E-state index contributed by atoms with van der Waals surface area (Å²) >= 11 is 2.09. The van der Waals surface area contributed by atoms with Crippen molar-refractivity contribution in [2.45, 2.75) is 52.5 Å². The summed E-state index contributed by atoms with van der Waals surface area (Å²) in [6.07, 6.45) is 5.61. The molecule has 2 aliphatic rings. The van der Waals surface area contributed by atoms with Gasteiger partial charge in [-0.2, -0.15) is 11.8 Å². The van der Waals surface area contributed by atoms with E-state index < -0.39 is 0 Å². The van der Waals surface area contributed by atoms with Crippen LogP contribution in [0.2, 0.25) is 0 Å². The van der Waals surface area contributed by atoms with Gasteiger partial charge in [0.25, 0.3) is 0 Å². The molecule has 1 saturated heterocycles. The first kappa shape index (κ1) is 15.7. The lowest BCUT2D eigenvalue weighted by Crippen LogP contribution is -2.50. The highest BCUT2D eigenvalue weighted by Gasteiger charge is 2.34. The Morgan fingerprint density at radius 1 is 1.11 bits per heavy atom. The Morgan fingerprint density at radius 2 is 1.68 bits per heavy atom. The first-order valence-corrected chi connectivity index (χ1v) is 9.19. The van der Waals surface area contributed by atoms with Crippen molar-refractivity contribution in [2.24, 2.45) is 23.0 Å². The van der Waals surface area contributed by atoms with E-state index in [0.29, 0.717) is 11.5 Å². The van der Waals surface area contributed by atoms with Gasteiger partial charge in [0.1, 0.15) is 0 Å². The van der Waals surface area contributed by atoms with Gasteiger partial charge in [-0.15, -0.1) is 0 Å². The number of thioether (sulfide) groups is 1. The van der Waals surface area contributed by atoms with E-state index in [1.54, 1.807) is 0 Å². The van der Waals surface area contributed by atoms with E-state index in [2.05, 4.69) is 37.4 Å². The Balaban J connectivity index is 1.87. The lowest BCUT2D eigenvalue weighted by Gasteiger charge is -2.43. The molecule has 0 aromatic carbocycles. The molecule has 0 aromatic rings. The van der Waals surface area contributed by atoms with E-state index in [4.69, 9.17) is 5.73 Å². The maximum Gasteiger partial charge on any atom is 0.0247 e. The molecule has 2 N–H and O–H groups in total. The molecule has 3 heteroatoms. The Bertz CT molecular complexity index is 260. The molecule has 1 atom stereocenters. The predicted molar refractivity (Wildman–Crippen MR) is 86.6 cm³/mol. The Morgan fingerprint density at radius 3 is 2.16 bits per heavy atom. The molecule has 1 unspecified atom stereocenters. The number of rotatable bonds is 3. The molecule has 1 aliphatic heterocycles. The Labute approximate surface area is 123 Å². The lowest BCUT2D eigenvalue weighted by molar-refractivity contribution is 0.0872. The third kappa shape index (κ3) is 4.12. The zero-order valence-corrected chi connectivity index (χ0v) is 13.8. The lowest BCUT2D eigenvalue weighted by atomic mass is 9.68. The quantitative estimate of drug-likeness (QED) is 0.863. The van der Waals surface area contributed by atoms with Crippen molar-refractivity contribution in [1.29, 1.82) is 0 Å². The van der Waals surface area contributed by atoms with Gasteiger partial charge in [0, 0.05) is 37.2 Å². The summed E-state index contributed by atoms with van der Waals surface area (Å²) in [5, 5.41) is 0. The molecule has 2 fully saturated rings. The van der Waals surface area contributed by atoms with Crippen molar-refractivity contribution in [3.8, 4) is 0 Å². The van der Waals surface area contributed by atoms with Gasteiger partial charge in [0.05, 0.1) is 0 Å². The summed E-state index contributed by atoms with van der Waals surface area (Å²) in [6.45, 7) is 10.6. The molecule has 1 aliphatic carbocycles. The Kier molecular flexibility index (Phi) is 5.62. The largest absolute Gasteiger partial charge is 0.329 e. The molecule has 0 aromatic heterocycles. The summed E-state index contributed by atoms with van der Waals surface area (Å²) in [4.78, 5) is 2.68. The van der Waals surface area contributed by atoms with Crippen LogP contribution >= 0.6 is 11.8 Å². The normalized spacial score (nSPS) is 32.2. The number of nitrogens with two attached hydrogens (primary N) is 1. The zero-order chi connectivity index (χ0) is 13.9. The second-order valence-corrected chi connectivity index (χ2v) is 8.65. The minimum atomic E-state index is 0.491. The van der Waals surface area contributed by atoms with E-state index in [9.17, 15) is 0 Å². The van der Waals surface area contributed by atoms with Crippen LogP contribution in [0, 0.1) is 17.3 Å². The molecule has 2 rings (SSSR count). The third-order valence-corrected chi connectivity index (χ3v) is 6.24. The van der Waals surface area contributed by atoms with Crippen molar-refractivity contribution in [1.82, 2.24) is 4.90 Å². The molecule has 112 valence electrons. The second-order valence-electron chi connectivity index (χ2n) is 7.43. The van der Waals surface area contributed by atoms with Crippen LogP contribution in [0.5, 0.6) is 0 Å². The first-order chi connectivity index (χ1) is 9.02. The molecular weight excluding hydrogens is 252 g/mol. The van der Waals surface area contributed by atoms with Crippen LogP contribution < -0.4 is 5.73 Å². The number of hydrogen-bond donors (Lipinski definition) is 1. The highest BCUT2D eigenvalue weighted by molar-refractivity contribution is 7.99. The molecule has 0 amide bonds. The van der Waals surface area contributed by atoms with Crippen molar-refractivity contribution in [2.75, 3.05) is 31.1 Å². The van der Waals surface area contributed by atoms with Crippen LogP contribution in [-0.2, 0) is 0 Å². The fourth-order valence-electron chi connectivity index (χ4n) is 3.92. The first-order valence-electron chi connectivity index (χ1n) is 8.04. The summed E-state index contributed by atoms with van der Waals surface area (Å²) in [5.74, 6) is 4.37. The summed E-state index contributed by atoms with van der Waals surface area (Å²) in [6, 6.07) is 0.654. The van der Waals surface area contributed by atoms with Crippen LogP contribution in [0.15, 0.2) is 0 Å². The maximum atomic E-state index is 6.11. The van der Waals surface area contributed by atoms with E-state index in [-0.39, 0.29) is 0 Å².